The largest absolute Gasteiger partial charge is 0.465 e. The first kappa shape index (κ1) is 11.3. The summed E-state index contributed by atoms with van der Waals surface area (Å²) in [4.78, 5) is 10.4. The molecule has 0 spiro atoms. The van der Waals surface area contributed by atoms with E-state index in [1.54, 1.807) is 7.11 Å². The summed E-state index contributed by atoms with van der Waals surface area (Å²) in [5, 5.41) is 20.1. The average molecular weight is 203 g/mol. The fourth-order valence-corrected chi connectivity index (χ4v) is 1.89. The predicted molar refractivity (Wildman–Crippen MR) is 50.2 cm³/mol. The molecule has 0 aromatic rings. The van der Waals surface area contributed by atoms with Gasteiger partial charge in [-0.2, -0.15) is 0 Å². The van der Waals surface area contributed by atoms with Crippen LogP contribution in [0.15, 0.2) is 0 Å². The predicted octanol–water partition coefficient (Wildman–Crippen LogP) is 0.574. The van der Waals surface area contributed by atoms with Gasteiger partial charge in [0.25, 0.3) is 0 Å². The van der Waals surface area contributed by atoms with Crippen molar-refractivity contribution in [2.45, 2.75) is 37.3 Å². The standard InChI is InChI=1S/C9H17NO4/c1-14-9(6-11)4-2-7(3-5-9)10-8(12)13/h7,10-11H,2-6H2,1H3,(H,12,13). The number of aliphatic hydroxyl groups excluding tert-OH is 1. The van der Waals surface area contributed by atoms with Crippen LogP contribution < -0.4 is 5.32 Å². The van der Waals surface area contributed by atoms with Gasteiger partial charge in [-0.05, 0) is 25.7 Å². The van der Waals surface area contributed by atoms with Gasteiger partial charge in [-0.3, -0.25) is 0 Å². The highest BCUT2D eigenvalue weighted by Crippen LogP contribution is 2.30. The number of methoxy groups -OCH3 is 1. The average Bonchev–Trinajstić information content (AvgIpc) is 2.19. The topological polar surface area (TPSA) is 78.8 Å². The Kier molecular flexibility index (Phi) is 3.71. The molecule has 3 N–H and O–H groups in total. The molecule has 0 bridgehead atoms. The second kappa shape index (κ2) is 4.61. The molecule has 0 aromatic heterocycles. The van der Waals surface area contributed by atoms with Crippen molar-refractivity contribution < 1.29 is 19.7 Å². The van der Waals surface area contributed by atoms with Crippen molar-refractivity contribution in [3.8, 4) is 0 Å². The van der Waals surface area contributed by atoms with Gasteiger partial charge in [0.2, 0.25) is 0 Å². The van der Waals surface area contributed by atoms with Crippen LogP contribution >= 0.6 is 0 Å². The van der Waals surface area contributed by atoms with Crippen LogP contribution in [0.2, 0.25) is 0 Å². The molecule has 1 aliphatic rings. The van der Waals surface area contributed by atoms with E-state index in [2.05, 4.69) is 5.32 Å². The minimum atomic E-state index is -0.982. The van der Waals surface area contributed by atoms with Crippen LogP contribution in [-0.4, -0.2) is 41.7 Å². The Morgan fingerprint density at radius 1 is 1.57 bits per heavy atom. The molecular formula is C9H17NO4. The van der Waals surface area contributed by atoms with E-state index in [0.717, 1.165) is 12.8 Å². The number of nitrogens with one attached hydrogen (secondary N) is 1. The molecule has 1 aliphatic carbocycles. The maximum absolute atomic E-state index is 10.4. The number of rotatable bonds is 3. The Morgan fingerprint density at radius 3 is 2.50 bits per heavy atom. The van der Waals surface area contributed by atoms with Gasteiger partial charge in [-0.15, -0.1) is 0 Å². The van der Waals surface area contributed by atoms with E-state index in [0.29, 0.717) is 12.8 Å². The van der Waals surface area contributed by atoms with Crippen molar-refractivity contribution in [1.29, 1.82) is 0 Å². The molecule has 0 radical (unpaired) electrons. The Hall–Kier alpha value is -0.810. The Labute approximate surface area is 83.1 Å². The molecule has 5 nitrogen and oxygen atoms in total. The second-order valence-electron chi connectivity index (χ2n) is 3.77. The van der Waals surface area contributed by atoms with Crippen molar-refractivity contribution in [3.05, 3.63) is 0 Å². The molecule has 1 rings (SSSR count). The van der Waals surface area contributed by atoms with Crippen LogP contribution in [0.5, 0.6) is 0 Å². The second-order valence-corrected chi connectivity index (χ2v) is 3.77. The van der Waals surface area contributed by atoms with Crippen LogP contribution in [0.3, 0.4) is 0 Å². The van der Waals surface area contributed by atoms with Gasteiger partial charge in [0.15, 0.2) is 0 Å². The van der Waals surface area contributed by atoms with Gasteiger partial charge in [-0.1, -0.05) is 0 Å². The lowest BCUT2D eigenvalue weighted by atomic mass is 9.82. The van der Waals surface area contributed by atoms with Crippen LogP contribution in [-0.2, 0) is 4.74 Å². The smallest absolute Gasteiger partial charge is 0.404 e. The minimum Gasteiger partial charge on any atom is -0.465 e. The number of hydrogen-bond acceptors (Lipinski definition) is 3. The van der Waals surface area contributed by atoms with E-state index >= 15 is 0 Å². The number of hydrogen-bond donors (Lipinski definition) is 3. The molecule has 14 heavy (non-hydrogen) atoms. The third-order valence-electron chi connectivity index (χ3n) is 2.95. The first-order valence-corrected chi connectivity index (χ1v) is 4.77. The monoisotopic (exact) mass is 203 g/mol. The summed E-state index contributed by atoms with van der Waals surface area (Å²) < 4.78 is 5.26. The number of carboxylic acid groups (broad SMARTS) is 1. The summed E-state index contributed by atoms with van der Waals surface area (Å²) in [5.41, 5.74) is -0.448. The van der Waals surface area contributed by atoms with Crippen LogP contribution in [0, 0.1) is 0 Å². The molecule has 82 valence electrons. The summed E-state index contributed by atoms with van der Waals surface area (Å²) in [5.74, 6) is 0. The summed E-state index contributed by atoms with van der Waals surface area (Å²) in [7, 11) is 1.58. The lowest BCUT2D eigenvalue weighted by Gasteiger charge is -2.37. The fourth-order valence-electron chi connectivity index (χ4n) is 1.89. The molecule has 5 heteroatoms. The third kappa shape index (κ3) is 2.59. The van der Waals surface area contributed by atoms with Crippen molar-refractivity contribution in [2.24, 2.45) is 0 Å². The quantitative estimate of drug-likeness (QED) is 0.626. The van der Waals surface area contributed by atoms with E-state index in [-0.39, 0.29) is 12.6 Å². The van der Waals surface area contributed by atoms with Gasteiger partial charge < -0.3 is 20.3 Å². The minimum absolute atomic E-state index is 0.00215. The Morgan fingerprint density at radius 2 is 2.14 bits per heavy atom. The van der Waals surface area contributed by atoms with E-state index in [9.17, 15) is 4.79 Å². The van der Waals surface area contributed by atoms with Crippen molar-refractivity contribution in [2.75, 3.05) is 13.7 Å². The summed E-state index contributed by atoms with van der Waals surface area (Å²) in [6.45, 7) is 0.00327. The zero-order valence-electron chi connectivity index (χ0n) is 8.32. The maximum Gasteiger partial charge on any atom is 0.404 e. The van der Waals surface area contributed by atoms with Gasteiger partial charge in [-0.25, -0.2) is 4.79 Å². The summed E-state index contributed by atoms with van der Waals surface area (Å²) in [6.07, 6.45) is 1.86. The summed E-state index contributed by atoms with van der Waals surface area (Å²) >= 11 is 0. The van der Waals surface area contributed by atoms with Crippen LogP contribution in [0.4, 0.5) is 4.79 Å². The van der Waals surface area contributed by atoms with Gasteiger partial charge in [0.1, 0.15) is 0 Å². The normalized spacial score (nSPS) is 32.6. The van der Waals surface area contributed by atoms with Gasteiger partial charge in [0, 0.05) is 13.2 Å². The highest BCUT2D eigenvalue weighted by atomic mass is 16.5. The maximum atomic E-state index is 10.4. The van der Waals surface area contributed by atoms with Crippen molar-refractivity contribution in [3.63, 3.8) is 0 Å². The summed E-state index contributed by atoms with van der Waals surface area (Å²) in [6, 6.07) is 0.00215. The highest BCUT2D eigenvalue weighted by molar-refractivity contribution is 5.64. The fraction of sp³-hybridized carbons (Fsp3) is 0.889. The van der Waals surface area contributed by atoms with Gasteiger partial charge >= 0.3 is 6.09 Å². The Bertz CT molecular complexity index is 193. The molecule has 0 unspecified atom stereocenters. The number of aliphatic hydroxyl groups is 1. The highest BCUT2D eigenvalue weighted by Gasteiger charge is 2.35. The molecule has 0 atom stereocenters. The van der Waals surface area contributed by atoms with E-state index in [4.69, 9.17) is 14.9 Å². The molecular weight excluding hydrogens is 186 g/mol. The van der Waals surface area contributed by atoms with E-state index in [1.807, 2.05) is 0 Å². The van der Waals surface area contributed by atoms with E-state index in [1.165, 1.54) is 0 Å². The molecule has 0 aromatic carbocycles. The first-order valence-electron chi connectivity index (χ1n) is 4.77. The molecule has 1 fully saturated rings. The van der Waals surface area contributed by atoms with Crippen LogP contribution in [0.1, 0.15) is 25.7 Å². The van der Waals surface area contributed by atoms with E-state index < -0.39 is 11.7 Å². The molecule has 0 aliphatic heterocycles. The zero-order valence-corrected chi connectivity index (χ0v) is 8.32. The number of carbonyl (C=O) groups is 1. The molecule has 1 saturated carbocycles. The van der Waals surface area contributed by atoms with Crippen molar-refractivity contribution in [1.82, 2.24) is 5.32 Å². The molecule has 0 saturated heterocycles. The zero-order chi connectivity index (χ0) is 10.6. The SMILES string of the molecule is COC1(CO)CCC(NC(=O)O)CC1. The molecule has 1 amide bonds. The Balaban J connectivity index is 2.40. The number of amides is 1. The number of ether oxygens (including phenoxy) is 1. The lowest BCUT2D eigenvalue weighted by Crippen LogP contribution is -2.45. The van der Waals surface area contributed by atoms with Crippen molar-refractivity contribution >= 4 is 6.09 Å². The third-order valence-corrected chi connectivity index (χ3v) is 2.95. The van der Waals surface area contributed by atoms with Gasteiger partial charge in [0.05, 0.1) is 12.2 Å². The molecule has 0 heterocycles. The lowest BCUT2D eigenvalue weighted by molar-refractivity contribution is -0.0792. The first-order chi connectivity index (χ1) is 6.62. The van der Waals surface area contributed by atoms with Crippen LogP contribution in [0.25, 0.3) is 0 Å².